The highest BCUT2D eigenvalue weighted by Gasteiger charge is 2.27. The first-order valence-electron chi connectivity index (χ1n) is 5.20. The van der Waals surface area contributed by atoms with Crippen molar-refractivity contribution < 1.29 is 4.79 Å². The van der Waals surface area contributed by atoms with Crippen molar-refractivity contribution in [2.75, 3.05) is 0 Å². The molecule has 0 aliphatic carbocycles. The van der Waals surface area contributed by atoms with E-state index in [1.54, 1.807) is 0 Å². The third kappa shape index (κ3) is 2.40. The zero-order valence-electron chi connectivity index (χ0n) is 9.73. The van der Waals surface area contributed by atoms with Gasteiger partial charge in [-0.15, -0.1) is 0 Å². The number of ketones is 1. The van der Waals surface area contributed by atoms with Gasteiger partial charge in [0.25, 0.3) is 0 Å². The second-order valence-electron chi connectivity index (χ2n) is 4.48. The number of Topliss-reactive ketones (excluding diaryl/α,β-unsaturated/α-hetero) is 1. The maximum atomic E-state index is 12.2. The molecule has 0 heterocycles. The molecule has 0 bridgehead atoms. The van der Waals surface area contributed by atoms with Gasteiger partial charge in [0.1, 0.15) is 0 Å². The molecule has 1 aromatic carbocycles. The fourth-order valence-electron chi connectivity index (χ4n) is 1.38. The molecular formula is C13H17ClO. The van der Waals surface area contributed by atoms with E-state index in [-0.39, 0.29) is 11.2 Å². The molecule has 1 nitrogen and oxygen atoms in total. The van der Waals surface area contributed by atoms with Crippen LogP contribution >= 0.6 is 11.6 Å². The van der Waals surface area contributed by atoms with E-state index in [1.807, 2.05) is 45.9 Å². The summed E-state index contributed by atoms with van der Waals surface area (Å²) in [6.45, 7) is 7.85. The van der Waals surface area contributed by atoms with Crippen LogP contribution in [0, 0.1) is 12.3 Å². The van der Waals surface area contributed by atoms with E-state index < -0.39 is 0 Å². The van der Waals surface area contributed by atoms with Crippen LogP contribution in [0.2, 0.25) is 5.02 Å². The second-order valence-corrected chi connectivity index (χ2v) is 4.89. The zero-order chi connectivity index (χ0) is 11.6. The number of hydrogen-bond donors (Lipinski definition) is 0. The molecule has 0 amide bonds. The number of carbonyl (C=O) groups is 1. The molecule has 0 aliphatic heterocycles. The van der Waals surface area contributed by atoms with Crippen molar-refractivity contribution in [3.63, 3.8) is 0 Å². The summed E-state index contributed by atoms with van der Waals surface area (Å²) in [5, 5.41) is 0.660. The Morgan fingerprint density at radius 3 is 2.53 bits per heavy atom. The van der Waals surface area contributed by atoms with Crippen LogP contribution in [0.25, 0.3) is 0 Å². The van der Waals surface area contributed by atoms with Crippen molar-refractivity contribution in [2.24, 2.45) is 5.41 Å². The molecule has 2 heteroatoms. The number of hydrogen-bond acceptors (Lipinski definition) is 1. The monoisotopic (exact) mass is 224 g/mol. The Kier molecular flexibility index (Phi) is 3.56. The highest BCUT2D eigenvalue weighted by molar-refractivity contribution is 6.31. The van der Waals surface area contributed by atoms with Gasteiger partial charge in [-0.1, -0.05) is 44.5 Å². The van der Waals surface area contributed by atoms with Gasteiger partial charge < -0.3 is 0 Å². The summed E-state index contributed by atoms with van der Waals surface area (Å²) in [7, 11) is 0. The largest absolute Gasteiger partial charge is 0.294 e. The smallest absolute Gasteiger partial charge is 0.168 e. The Morgan fingerprint density at radius 2 is 2.00 bits per heavy atom. The van der Waals surface area contributed by atoms with E-state index in [0.717, 1.165) is 17.5 Å². The summed E-state index contributed by atoms with van der Waals surface area (Å²) in [5.41, 5.74) is 1.31. The molecule has 1 aromatic rings. The summed E-state index contributed by atoms with van der Waals surface area (Å²) in [6, 6.07) is 5.49. The maximum Gasteiger partial charge on any atom is 0.168 e. The second kappa shape index (κ2) is 4.36. The summed E-state index contributed by atoms with van der Waals surface area (Å²) >= 11 is 6.00. The Morgan fingerprint density at radius 1 is 1.40 bits per heavy atom. The summed E-state index contributed by atoms with van der Waals surface area (Å²) in [5.74, 6) is 0.171. The highest BCUT2D eigenvalue weighted by atomic mass is 35.5. The topological polar surface area (TPSA) is 17.1 Å². The fourth-order valence-corrected chi connectivity index (χ4v) is 1.55. The molecule has 0 N–H and O–H groups in total. The van der Waals surface area contributed by atoms with Crippen LogP contribution in [-0.4, -0.2) is 5.78 Å². The Bertz CT molecular complexity index is 380. The minimum absolute atomic E-state index is 0.171. The van der Waals surface area contributed by atoms with Gasteiger partial charge in [0, 0.05) is 16.0 Å². The molecule has 15 heavy (non-hydrogen) atoms. The molecule has 0 saturated heterocycles. The maximum absolute atomic E-state index is 12.2. The van der Waals surface area contributed by atoms with Gasteiger partial charge in [-0.25, -0.2) is 0 Å². The average Bonchev–Trinajstić information content (AvgIpc) is 2.21. The first-order valence-corrected chi connectivity index (χ1v) is 5.58. The number of carbonyl (C=O) groups excluding carboxylic acids is 1. The lowest BCUT2D eigenvalue weighted by Gasteiger charge is -2.22. The lowest BCUT2D eigenvalue weighted by molar-refractivity contribution is 0.0832. The first-order chi connectivity index (χ1) is 6.90. The van der Waals surface area contributed by atoms with Crippen molar-refractivity contribution in [2.45, 2.75) is 34.1 Å². The minimum Gasteiger partial charge on any atom is -0.294 e. The van der Waals surface area contributed by atoms with Gasteiger partial charge in [-0.05, 0) is 25.0 Å². The molecule has 0 atom stereocenters. The molecule has 82 valence electrons. The van der Waals surface area contributed by atoms with Crippen LogP contribution in [0.4, 0.5) is 0 Å². The van der Waals surface area contributed by atoms with Gasteiger partial charge in [0.05, 0.1) is 0 Å². The van der Waals surface area contributed by atoms with Crippen LogP contribution in [0.1, 0.15) is 43.1 Å². The van der Waals surface area contributed by atoms with Crippen molar-refractivity contribution in [3.8, 4) is 0 Å². The fraction of sp³-hybridized carbons (Fsp3) is 0.462. The average molecular weight is 225 g/mol. The lowest BCUT2D eigenvalue weighted by Crippen LogP contribution is -2.24. The third-order valence-electron chi connectivity index (χ3n) is 3.01. The normalized spacial score (nSPS) is 11.5. The first kappa shape index (κ1) is 12.3. The zero-order valence-corrected chi connectivity index (χ0v) is 10.5. The molecular weight excluding hydrogens is 208 g/mol. The minimum atomic E-state index is -0.310. The molecule has 1 rings (SSSR count). The van der Waals surface area contributed by atoms with Crippen molar-refractivity contribution in [1.29, 1.82) is 0 Å². The van der Waals surface area contributed by atoms with Gasteiger partial charge in [0.2, 0.25) is 0 Å². The van der Waals surface area contributed by atoms with E-state index >= 15 is 0 Å². The highest BCUT2D eigenvalue weighted by Crippen LogP contribution is 2.29. The lowest BCUT2D eigenvalue weighted by atomic mass is 9.81. The van der Waals surface area contributed by atoms with Crippen LogP contribution < -0.4 is 0 Å². The van der Waals surface area contributed by atoms with Crippen LogP contribution in [0.15, 0.2) is 18.2 Å². The van der Waals surface area contributed by atoms with Crippen molar-refractivity contribution >= 4 is 17.4 Å². The Hall–Kier alpha value is -0.820. The van der Waals surface area contributed by atoms with Crippen LogP contribution in [0.3, 0.4) is 0 Å². The van der Waals surface area contributed by atoms with Gasteiger partial charge in [0.15, 0.2) is 5.78 Å². The Balaban J connectivity index is 3.18. The molecule has 0 aromatic heterocycles. The molecule has 0 saturated carbocycles. The summed E-state index contributed by atoms with van der Waals surface area (Å²) in [4.78, 5) is 12.2. The molecule has 0 unspecified atom stereocenters. The van der Waals surface area contributed by atoms with Crippen LogP contribution in [-0.2, 0) is 0 Å². The number of halogens is 1. The van der Waals surface area contributed by atoms with Gasteiger partial charge in [-0.2, -0.15) is 0 Å². The van der Waals surface area contributed by atoms with Gasteiger partial charge >= 0.3 is 0 Å². The van der Waals surface area contributed by atoms with E-state index in [2.05, 4.69) is 0 Å². The van der Waals surface area contributed by atoms with E-state index in [9.17, 15) is 4.79 Å². The van der Waals surface area contributed by atoms with Crippen LogP contribution in [0.5, 0.6) is 0 Å². The van der Waals surface area contributed by atoms with Gasteiger partial charge in [-0.3, -0.25) is 4.79 Å². The molecule has 0 radical (unpaired) electrons. The quantitative estimate of drug-likeness (QED) is 0.701. The van der Waals surface area contributed by atoms with E-state index in [0.29, 0.717) is 5.02 Å². The predicted molar refractivity (Wildman–Crippen MR) is 64.6 cm³/mol. The summed E-state index contributed by atoms with van der Waals surface area (Å²) < 4.78 is 0. The predicted octanol–water partition coefficient (Wildman–Crippen LogP) is 4.27. The van der Waals surface area contributed by atoms with Crippen molar-refractivity contribution in [3.05, 3.63) is 34.3 Å². The molecule has 0 spiro atoms. The van der Waals surface area contributed by atoms with E-state index in [4.69, 9.17) is 11.6 Å². The Labute approximate surface area is 96.5 Å². The summed E-state index contributed by atoms with van der Waals surface area (Å²) in [6.07, 6.45) is 0.831. The SMILES string of the molecule is CCC(C)(C)C(=O)c1cccc(Cl)c1C. The third-order valence-corrected chi connectivity index (χ3v) is 3.42. The standard InChI is InChI=1S/C13H17ClO/c1-5-13(3,4)12(15)10-7-6-8-11(14)9(10)2/h6-8H,5H2,1-4H3. The van der Waals surface area contributed by atoms with Crippen molar-refractivity contribution in [1.82, 2.24) is 0 Å². The number of benzene rings is 1. The molecule has 0 aliphatic rings. The number of rotatable bonds is 3. The molecule has 0 fully saturated rings. The van der Waals surface area contributed by atoms with E-state index in [1.165, 1.54) is 0 Å².